The third kappa shape index (κ3) is 2.99. The molecule has 1 amide bonds. The standard InChI is InChI=1S/C19H21NO/c1-15-8-6-7-11-18(15)19(21)20-13-12-17(14-20)16-9-4-2-3-5-10-16/h2-9,11,17H,10,12-14H2,1H3/t17-/m1/s1. The smallest absolute Gasteiger partial charge is 0.254 e. The summed E-state index contributed by atoms with van der Waals surface area (Å²) in [6, 6.07) is 7.86. The highest BCUT2D eigenvalue weighted by molar-refractivity contribution is 5.95. The number of likely N-dealkylation sites (tertiary alicyclic amines) is 1. The van der Waals surface area contributed by atoms with Gasteiger partial charge in [-0.15, -0.1) is 0 Å². The van der Waals surface area contributed by atoms with Crippen LogP contribution in [0.3, 0.4) is 0 Å². The first-order chi connectivity index (χ1) is 10.3. The Balaban J connectivity index is 1.71. The number of allylic oxidation sites excluding steroid dienone is 5. The second-order valence-corrected chi connectivity index (χ2v) is 5.81. The van der Waals surface area contributed by atoms with Crippen LogP contribution in [0, 0.1) is 12.8 Å². The van der Waals surface area contributed by atoms with Gasteiger partial charge in [-0.25, -0.2) is 0 Å². The zero-order chi connectivity index (χ0) is 14.7. The summed E-state index contributed by atoms with van der Waals surface area (Å²) in [6.45, 7) is 3.72. The molecule has 0 spiro atoms. The van der Waals surface area contributed by atoms with E-state index in [-0.39, 0.29) is 5.91 Å². The van der Waals surface area contributed by atoms with Gasteiger partial charge >= 0.3 is 0 Å². The van der Waals surface area contributed by atoms with Crippen molar-refractivity contribution in [3.05, 3.63) is 71.3 Å². The summed E-state index contributed by atoms with van der Waals surface area (Å²) < 4.78 is 0. The van der Waals surface area contributed by atoms with E-state index >= 15 is 0 Å². The van der Waals surface area contributed by atoms with Crippen LogP contribution >= 0.6 is 0 Å². The molecule has 0 bridgehead atoms. The van der Waals surface area contributed by atoms with Crippen LogP contribution in [0.4, 0.5) is 0 Å². The van der Waals surface area contributed by atoms with Crippen molar-refractivity contribution >= 4 is 5.91 Å². The monoisotopic (exact) mass is 279 g/mol. The molecule has 1 aromatic carbocycles. The Morgan fingerprint density at radius 3 is 2.90 bits per heavy atom. The largest absolute Gasteiger partial charge is 0.338 e. The Morgan fingerprint density at radius 2 is 2.05 bits per heavy atom. The lowest BCUT2D eigenvalue weighted by atomic mass is 9.95. The summed E-state index contributed by atoms with van der Waals surface area (Å²) >= 11 is 0. The molecule has 1 aromatic rings. The van der Waals surface area contributed by atoms with Gasteiger partial charge in [0.05, 0.1) is 0 Å². The number of nitrogens with zero attached hydrogens (tertiary/aromatic N) is 1. The van der Waals surface area contributed by atoms with Gasteiger partial charge in [0.2, 0.25) is 0 Å². The molecule has 2 aliphatic rings. The molecule has 1 atom stereocenters. The molecule has 2 heteroatoms. The molecule has 1 aliphatic heterocycles. The van der Waals surface area contributed by atoms with Crippen molar-refractivity contribution in [1.82, 2.24) is 4.90 Å². The molecule has 2 nitrogen and oxygen atoms in total. The Bertz CT molecular complexity index is 624. The highest BCUT2D eigenvalue weighted by atomic mass is 16.2. The first-order valence-corrected chi connectivity index (χ1v) is 7.63. The normalized spacial score (nSPS) is 21.3. The van der Waals surface area contributed by atoms with Crippen LogP contribution in [0.25, 0.3) is 0 Å². The highest BCUT2D eigenvalue weighted by Gasteiger charge is 2.29. The van der Waals surface area contributed by atoms with Crippen LogP contribution in [0.2, 0.25) is 0 Å². The molecule has 1 fully saturated rings. The SMILES string of the molecule is Cc1ccccc1C(=O)N1CC[C@@H](C2=CC=CC=CC2)C1. The number of carbonyl (C=O) groups excluding carboxylic acids is 1. The summed E-state index contributed by atoms with van der Waals surface area (Å²) in [5.74, 6) is 0.682. The van der Waals surface area contributed by atoms with E-state index in [2.05, 4.69) is 30.4 Å². The lowest BCUT2D eigenvalue weighted by Gasteiger charge is -2.18. The van der Waals surface area contributed by atoms with Crippen molar-refractivity contribution < 1.29 is 4.79 Å². The van der Waals surface area contributed by atoms with Gasteiger partial charge in [0.25, 0.3) is 5.91 Å². The predicted molar refractivity (Wildman–Crippen MR) is 86.2 cm³/mol. The van der Waals surface area contributed by atoms with Gasteiger partial charge < -0.3 is 4.90 Å². The summed E-state index contributed by atoms with van der Waals surface area (Å²) in [5, 5.41) is 0. The number of carbonyl (C=O) groups is 1. The Kier molecular flexibility index (Phi) is 4.05. The van der Waals surface area contributed by atoms with Crippen molar-refractivity contribution in [3.8, 4) is 0 Å². The zero-order valence-electron chi connectivity index (χ0n) is 12.5. The lowest BCUT2D eigenvalue weighted by molar-refractivity contribution is 0.0788. The topological polar surface area (TPSA) is 20.3 Å². The van der Waals surface area contributed by atoms with E-state index in [0.29, 0.717) is 5.92 Å². The molecule has 21 heavy (non-hydrogen) atoms. The minimum Gasteiger partial charge on any atom is -0.338 e. The van der Waals surface area contributed by atoms with Crippen LogP contribution in [-0.2, 0) is 0 Å². The fourth-order valence-electron chi connectivity index (χ4n) is 3.13. The van der Waals surface area contributed by atoms with Crippen molar-refractivity contribution in [2.45, 2.75) is 19.8 Å². The molecular formula is C19H21NO. The maximum atomic E-state index is 12.6. The van der Waals surface area contributed by atoms with E-state index in [0.717, 1.165) is 37.1 Å². The van der Waals surface area contributed by atoms with Gasteiger partial charge in [0.1, 0.15) is 0 Å². The Labute approximate surface area is 126 Å². The predicted octanol–water partition coefficient (Wildman–Crippen LogP) is 3.90. The molecule has 3 rings (SSSR count). The summed E-state index contributed by atoms with van der Waals surface area (Å²) in [5.41, 5.74) is 3.35. The van der Waals surface area contributed by atoms with E-state index < -0.39 is 0 Å². The molecule has 0 aromatic heterocycles. The van der Waals surface area contributed by atoms with Crippen LogP contribution in [0.1, 0.15) is 28.8 Å². The van der Waals surface area contributed by atoms with E-state index in [1.165, 1.54) is 5.57 Å². The second kappa shape index (κ2) is 6.13. The van der Waals surface area contributed by atoms with Gasteiger partial charge in [0.15, 0.2) is 0 Å². The first-order valence-electron chi connectivity index (χ1n) is 7.63. The van der Waals surface area contributed by atoms with E-state index in [4.69, 9.17) is 0 Å². The average Bonchev–Trinajstić information content (AvgIpc) is 2.83. The quantitative estimate of drug-likeness (QED) is 0.804. The zero-order valence-corrected chi connectivity index (χ0v) is 12.5. The van der Waals surface area contributed by atoms with Crippen molar-refractivity contribution in [2.75, 3.05) is 13.1 Å². The van der Waals surface area contributed by atoms with Gasteiger partial charge in [-0.1, -0.05) is 54.2 Å². The van der Waals surface area contributed by atoms with Crippen LogP contribution < -0.4 is 0 Å². The number of amides is 1. The number of rotatable bonds is 2. The maximum Gasteiger partial charge on any atom is 0.254 e. The van der Waals surface area contributed by atoms with Crippen molar-refractivity contribution in [1.29, 1.82) is 0 Å². The molecule has 1 saturated heterocycles. The van der Waals surface area contributed by atoms with Gasteiger partial charge in [0, 0.05) is 18.7 Å². The summed E-state index contributed by atoms with van der Waals surface area (Å²) in [6.07, 6.45) is 12.8. The third-order valence-electron chi connectivity index (χ3n) is 4.40. The minimum atomic E-state index is 0.177. The summed E-state index contributed by atoms with van der Waals surface area (Å²) in [4.78, 5) is 14.6. The van der Waals surface area contributed by atoms with E-state index in [9.17, 15) is 4.79 Å². The van der Waals surface area contributed by atoms with Gasteiger partial charge in [-0.05, 0) is 37.3 Å². The minimum absolute atomic E-state index is 0.177. The molecule has 0 N–H and O–H groups in total. The molecular weight excluding hydrogens is 258 g/mol. The number of aryl methyl sites for hydroxylation is 1. The van der Waals surface area contributed by atoms with Crippen LogP contribution in [-0.4, -0.2) is 23.9 Å². The van der Waals surface area contributed by atoms with Gasteiger partial charge in [-0.3, -0.25) is 4.79 Å². The Hall–Kier alpha value is -2.09. The molecule has 1 heterocycles. The molecule has 1 aliphatic carbocycles. The van der Waals surface area contributed by atoms with E-state index in [1.807, 2.05) is 36.1 Å². The third-order valence-corrected chi connectivity index (χ3v) is 4.40. The van der Waals surface area contributed by atoms with E-state index in [1.54, 1.807) is 0 Å². The maximum absolute atomic E-state index is 12.6. The lowest BCUT2D eigenvalue weighted by Crippen LogP contribution is -2.29. The molecule has 108 valence electrons. The average molecular weight is 279 g/mol. The molecule has 0 unspecified atom stereocenters. The van der Waals surface area contributed by atoms with Gasteiger partial charge in [-0.2, -0.15) is 0 Å². The number of hydrogen-bond donors (Lipinski definition) is 0. The number of hydrogen-bond acceptors (Lipinski definition) is 1. The number of benzene rings is 1. The summed E-state index contributed by atoms with van der Waals surface area (Å²) in [7, 11) is 0. The first kappa shape index (κ1) is 13.9. The van der Waals surface area contributed by atoms with Crippen molar-refractivity contribution in [2.24, 2.45) is 5.92 Å². The van der Waals surface area contributed by atoms with Crippen molar-refractivity contribution in [3.63, 3.8) is 0 Å². The van der Waals surface area contributed by atoms with Crippen LogP contribution in [0.15, 0.2) is 60.2 Å². The second-order valence-electron chi connectivity index (χ2n) is 5.81. The highest BCUT2D eigenvalue weighted by Crippen LogP contribution is 2.28. The fourth-order valence-corrected chi connectivity index (χ4v) is 3.13. The fraction of sp³-hybridized carbons (Fsp3) is 0.316. The Morgan fingerprint density at radius 1 is 1.19 bits per heavy atom. The molecule has 0 saturated carbocycles. The van der Waals surface area contributed by atoms with Crippen LogP contribution in [0.5, 0.6) is 0 Å². The molecule has 0 radical (unpaired) electrons.